The molecule has 2 aromatic heterocycles. The van der Waals surface area contributed by atoms with Gasteiger partial charge >= 0.3 is 0 Å². The Hall–Kier alpha value is -3.71. The Bertz CT molecular complexity index is 1300. The van der Waals surface area contributed by atoms with Crippen LogP contribution < -0.4 is 5.32 Å². The van der Waals surface area contributed by atoms with Gasteiger partial charge in [-0.15, -0.1) is 0 Å². The third kappa shape index (κ3) is 5.10. The fraction of sp³-hybridized carbons (Fsp3) is 0.296. The predicted molar refractivity (Wildman–Crippen MR) is 131 cm³/mol. The zero-order valence-corrected chi connectivity index (χ0v) is 19.5. The van der Waals surface area contributed by atoms with Gasteiger partial charge in [-0.1, -0.05) is 18.2 Å². The molecule has 4 aromatic rings. The van der Waals surface area contributed by atoms with Gasteiger partial charge in [0.05, 0.1) is 19.5 Å². The van der Waals surface area contributed by atoms with E-state index < -0.39 is 0 Å². The summed E-state index contributed by atoms with van der Waals surface area (Å²) < 4.78 is 11.4. The van der Waals surface area contributed by atoms with E-state index in [0.717, 1.165) is 28.8 Å². The highest BCUT2D eigenvalue weighted by Crippen LogP contribution is 2.22. The zero-order chi connectivity index (χ0) is 23.5. The number of carbonyl (C=O) groups excluding carboxylic acids is 1. The molecule has 1 amide bonds. The van der Waals surface area contributed by atoms with Crippen molar-refractivity contribution in [3.8, 4) is 0 Å². The van der Waals surface area contributed by atoms with Crippen LogP contribution in [0.2, 0.25) is 0 Å². The molecule has 0 unspecified atom stereocenters. The third-order valence-corrected chi connectivity index (χ3v) is 6.02. The van der Waals surface area contributed by atoms with Crippen molar-refractivity contribution in [1.82, 2.24) is 14.9 Å². The van der Waals surface area contributed by atoms with Crippen LogP contribution in [0.15, 0.2) is 65.3 Å². The molecule has 1 aliphatic rings. The summed E-state index contributed by atoms with van der Waals surface area (Å²) in [6, 6.07) is 17.7. The lowest BCUT2D eigenvalue weighted by atomic mass is 9.98. The molecule has 1 fully saturated rings. The van der Waals surface area contributed by atoms with Gasteiger partial charge in [0.15, 0.2) is 0 Å². The van der Waals surface area contributed by atoms with Gasteiger partial charge in [0, 0.05) is 47.4 Å². The van der Waals surface area contributed by atoms with Crippen LogP contribution in [0.5, 0.6) is 0 Å². The molecule has 174 valence electrons. The summed E-state index contributed by atoms with van der Waals surface area (Å²) in [5.41, 5.74) is 4.43. The normalized spacial score (nSPS) is 16.4. The van der Waals surface area contributed by atoms with Gasteiger partial charge in [-0.25, -0.2) is 9.97 Å². The first kappa shape index (κ1) is 22.1. The summed E-state index contributed by atoms with van der Waals surface area (Å²) >= 11 is 0. The maximum absolute atomic E-state index is 13.4. The molecule has 1 aliphatic heterocycles. The summed E-state index contributed by atoms with van der Waals surface area (Å²) in [6.45, 7) is 6.20. The van der Waals surface area contributed by atoms with Crippen LogP contribution in [-0.2, 0) is 11.2 Å². The maximum atomic E-state index is 13.4. The van der Waals surface area contributed by atoms with Crippen LogP contribution in [-0.4, -0.2) is 47.1 Å². The molecular weight excluding hydrogens is 428 g/mol. The standard InChI is InChI=1S/C27H28N4O3/c1-18-12-26(29-19(2)28-18)30-24-5-3-4-23(15-24)27(32)31-9-11-33-17-21(16-31)13-20-6-7-22-8-10-34-25(22)14-20/h3-8,10,12,14-15,21H,9,11,13,16-17H2,1-2H3,(H,28,29,30)/t21-/m0/s1. The number of carbonyl (C=O) groups is 1. The van der Waals surface area contributed by atoms with E-state index in [1.54, 1.807) is 6.26 Å². The number of hydrogen-bond donors (Lipinski definition) is 1. The summed E-state index contributed by atoms with van der Waals surface area (Å²) in [5, 5.41) is 4.39. The Labute approximate surface area is 198 Å². The van der Waals surface area contributed by atoms with E-state index in [1.807, 2.05) is 55.1 Å². The Morgan fingerprint density at radius 2 is 2.03 bits per heavy atom. The molecule has 5 rings (SSSR count). The Morgan fingerprint density at radius 3 is 2.91 bits per heavy atom. The lowest BCUT2D eigenvalue weighted by Gasteiger charge is -2.24. The molecule has 0 radical (unpaired) electrons. The number of nitrogens with zero attached hydrogens (tertiary/aromatic N) is 3. The van der Waals surface area contributed by atoms with Crippen molar-refractivity contribution in [3.05, 3.63) is 83.5 Å². The first-order valence-electron chi connectivity index (χ1n) is 11.6. The molecular formula is C27H28N4O3. The van der Waals surface area contributed by atoms with E-state index in [1.165, 1.54) is 5.56 Å². The predicted octanol–water partition coefficient (Wildman–Crippen LogP) is 4.91. The SMILES string of the molecule is Cc1cc(Nc2cccc(C(=O)N3CCOC[C@@H](Cc4ccc5ccoc5c4)C3)c2)nc(C)n1. The number of ether oxygens (including phenoxy) is 1. The average Bonchev–Trinajstić information content (AvgIpc) is 3.15. The van der Waals surface area contributed by atoms with E-state index in [2.05, 4.69) is 33.5 Å². The molecule has 0 aliphatic carbocycles. The number of anilines is 2. The van der Waals surface area contributed by atoms with Crippen molar-refractivity contribution in [2.45, 2.75) is 20.3 Å². The second kappa shape index (κ2) is 9.65. The summed E-state index contributed by atoms with van der Waals surface area (Å²) in [4.78, 5) is 24.1. The smallest absolute Gasteiger partial charge is 0.254 e. The molecule has 1 atom stereocenters. The van der Waals surface area contributed by atoms with Gasteiger partial charge in [0.1, 0.15) is 17.2 Å². The van der Waals surface area contributed by atoms with Gasteiger partial charge in [-0.2, -0.15) is 0 Å². The van der Waals surface area contributed by atoms with Gasteiger partial charge in [-0.05, 0) is 56.2 Å². The highest BCUT2D eigenvalue weighted by Gasteiger charge is 2.24. The molecule has 0 saturated carbocycles. The van der Waals surface area contributed by atoms with E-state index in [4.69, 9.17) is 9.15 Å². The Kier molecular flexibility index (Phi) is 6.27. The van der Waals surface area contributed by atoms with Crippen molar-refractivity contribution in [2.24, 2.45) is 5.92 Å². The van der Waals surface area contributed by atoms with Crippen LogP contribution in [0.3, 0.4) is 0 Å². The van der Waals surface area contributed by atoms with Crippen LogP contribution in [0, 0.1) is 19.8 Å². The quantitative estimate of drug-likeness (QED) is 0.459. The zero-order valence-electron chi connectivity index (χ0n) is 19.5. The van der Waals surface area contributed by atoms with Crippen LogP contribution in [0.4, 0.5) is 11.5 Å². The van der Waals surface area contributed by atoms with Crippen LogP contribution >= 0.6 is 0 Å². The highest BCUT2D eigenvalue weighted by molar-refractivity contribution is 5.95. The van der Waals surface area contributed by atoms with Crippen molar-refractivity contribution < 1.29 is 13.9 Å². The summed E-state index contributed by atoms with van der Waals surface area (Å²) in [6.07, 6.45) is 2.54. The van der Waals surface area contributed by atoms with Crippen LogP contribution in [0.25, 0.3) is 11.0 Å². The largest absolute Gasteiger partial charge is 0.464 e. The van der Waals surface area contributed by atoms with Crippen LogP contribution in [0.1, 0.15) is 27.4 Å². The second-order valence-corrected chi connectivity index (χ2v) is 8.84. The number of benzene rings is 2. The summed E-state index contributed by atoms with van der Waals surface area (Å²) in [5.74, 6) is 1.64. The minimum atomic E-state index is 0.00989. The number of nitrogens with one attached hydrogen (secondary N) is 1. The van der Waals surface area contributed by atoms with E-state index in [9.17, 15) is 4.79 Å². The fourth-order valence-electron chi connectivity index (χ4n) is 4.49. The molecule has 1 N–H and O–H groups in total. The Balaban J connectivity index is 1.29. The van der Waals surface area contributed by atoms with Crippen molar-refractivity contribution in [1.29, 1.82) is 0 Å². The van der Waals surface area contributed by atoms with E-state index in [0.29, 0.717) is 43.5 Å². The minimum absolute atomic E-state index is 0.00989. The topological polar surface area (TPSA) is 80.5 Å². The van der Waals surface area contributed by atoms with Gasteiger partial charge in [0.2, 0.25) is 0 Å². The molecule has 7 heteroatoms. The maximum Gasteiger partial charge on any atom is 0.254 e. The number of furan rings is 1. The van der Waals surface area contributed by atoms with Crippen molar-refractivity contribution in [2.75, 3.05) is 31.6 Å². The molecule has 3 heterocycles. The third-order valence-electron chi connectivity index (χ3n) is 6.02. The molecule has 7 nitrogen and oxygen atoms in total. The number of hydrogen-bond acceptors (Lipinski definition) is 6. The monoisotopic (exact) mass is 456 g/mol. The summed E-state index contributed by atoms with van der Waals surface area (Å²) in [7, 11) is 0. The van der Waals surface area contributed by atoms with Gasteiger partial charge in [-0.3, -0.25) is 4.79 Å². The minimum Gasteiger partial charge on any atom is -0.464 e. The van der Waals surface area contributed by atoms with Crippen molar-refractivity contribution >= 4 is 28.4 Å². The molecule has 0 bridgehead atoms. The van der Waals surface area contributed by atoms with Gasteiger partial charge in [0.25, 0.3) is 5.91 Å². The number of aryl methyl sites for hydroxylation is 2. The van der Waals surface area contributed by atoms with E-state index in [-0.39, 0.29) is 11.8 Å². The average molecular weight is 457 g/mol. The first-order valence-corrected chi connectivity index (χ1v) is 11.6. The second-order valence-electron chi connectivity index (χ2n) is 8.84. The molecule has 0 spiro atoms. The number of amides is 1. The van der Waals surface area contributed by atoms with Crippen molar-refractivity contribution in [3.63, 3.8) is 0 Å². The molecule has 34 heavy (non-hydrogen) atoms. The molecule has 1 saturated heterocycles. The lowest BCUT2D eigenvalue weighted by molar-refractivity contribution is 0.0737. The Morgan fingerprint density at radius 1 is 1.12 bits per heavy atom. The highest BCUT2D eigenvalue weighted by atomic mass is 16.5. The fourth-order valence-corrected chi connectivity index (χ4v) is 4.49. The van der Waals surface area contributed by atoms with E-state index >= 15 is 0 Å². The number of rotatable bonds is 5. The lowest BCUT2D eigenvalue weighted by Crippen LogP contribution is -2.36. The van der Waals surface area contributed by atoms with Gasteiger partial charge < -0.3 is 19.4 Å². The molecule has 2 aromatic carbocycles. The number of aromatic nitrogens is 2. The first-order chi connectivity index (χ1) is 16.5. The number of fused-ring (bicyclic) bond motifs is 1.